The van der Waals surface area contributed by atoms with E-state index in [2.05, 4.69) is 25.4 Å². The summed E-state index contributed by atoms with van der Waals surface area (Å²) in [4.78, 5) is 12.8. The lowest BCUT2D eigenvalue weighted by atomic mass is 9.96. The fourth-order valence-electron chi connectivity index (χ4n) is 2.83. The van der Waals surface area contributed by atoms with Gasteiger partial charge in [-0.2, -0.15) is 19.5 Å². The van der Waals surface area contributed by atoms with Crippen LogP contribution in [0.1, 0.15) is 32.1 Å². The molecule has 1 aliphatic carbocycles. The van der Waals surface area contributed by atoms with Crippen LogP contribution in [0.4, 0.5) is 11.9 Å². The van der Waals surface area contributed by atoms with E-state index in [9.17, 15) is 0 Å². The summed E-state index contributed by atoms with van der Waals surface area (Å²) in [7, 11) is 0. The van der Waals surface area contributed by atoms with E-state index >= 15 is 0 Å². The van der Waals surface area contributed by atoms with Gasteiger partial charge in [-0.1, -0.05) is 19.3 Å². The highest BCUT2D eigenvalue weighted by Gasteiger charge is 2.18. The molecule has 0 atom stereocenters. The Labute approximate surface area is 126 Å². The van der Waals surface area contributed by atoms with Crippen LogP contribution < -0.4 is 11.1 Å². The molecule has 22 heavy (non-hydrogen) atoms. The molecular weight excluding hydrogens is 282 g/mol. The predicted octanol–water partition coefficient (Wildman–Crippen LogP) is 2.11. The SMILES string of the molecule is Nc1nc(NC2CCCCC2)n2nc(-c3ccco3)nc2n1. The summed E-state index contributed by atoms with van der Waals surface area (Å²) in [5.41, 5.74) is 5.79. The monoisotopic (exact) mass is 299 g/mol. The Kier molecular flexibility index (Phi) is 3.14. The number of nitrogen functional groups attached to an aromatic ring is 1. The molecule has 0 aliphatic heterocycles. The van der Waals surface area contributed by atoms with Crippen LogP contribution in [0.2, 0.25) is 0 Å². The topological polar surface area (TPSA) is 107 Å². The minimum atomic E-state index is 0.184. The van der Waals surface area contributed by atoms with Crippen molar-refractivity contribution in [1.29, 1.82) is 0 Å². The maximum Gasteiger partial charge on any atom is 0.259 e. The molecule has 0 unspecified atom stereocenters. The molecule has 0 aromatic carbocycles. The molecule has 0 spiro atoms. The van der Waals surface area contributed by atoms with Gasteiger partial charge in [0.15, 0.2) is 5.76 Å². The van der Waals surface area contributed by atoms with Gasteiger partial charge in [0.1, 0.15) is 0 Å². The Balaban J connectivity index is 1.73. The second-order valence-electron chi connectivity index (χ2n) is 5.51. The Bertz CT molecular complexity index is 774. The molecule has 8 heteroatoms. The number of hydrogen-bond acceptors (Lipinski definition) is 7. The van der Waals surface area contributed by atoms with E-state index in [4.69, 9.17) is 10.2 Å². The number of fused-ring (bicyclic) bond motifs is 1. The first-order valence-corrected chi connectivity index (χ1v) is 7.50. The number of nitrogens with one attached hydrogen (secondary N) is 1. The summed E-state index contributed by atoms with van der Waals surface area (Å²) >= 11 is 0. The van der Waals surface area contributed by atoms with Gasteiger partial charge in [0.05, 0.1) is 6.26 Å². The van der Waals surface area contributed by atoms with Crippen molar-refractivity contribution < 1.29 is 4.42 Å². The van der Waals surface area contributed by atoms with Crippen LogP contribution in [-0.4, -0.2) is 30.6 Å². The number of aromatic nitrogens is 5. The highest BCUT2D eigenvalue weighted by atomic mass is 16.3. The zero-order valence-electron chi connectivity index (χ0n) is 12.1. The van der Waals surface area contributed by atoms with E-state index in [1.807, 2.05) is 0 Å². The standard InChI is InChI=1S/C14H17N7O/c15-12-18-13(16-9-5-2-1-3-6-9)21-14(19-12)17-11(20-21)10-7-4-8-22-10/h4,7-9H,1-3,5-6H2,(H3,15,16,17,18,19,20). The van der Waals surface area contributed by atoms with Crippen molar-refractivity contribution in [2.45, 2.75) is 38.1 Å². The van der Waals surface area contributed by atoms with Gasteiger partial charge in [-0.05, 0) is 25.0 Å². The van der Waals surface area contributed by atoms with Crippen molar-refractivity contribution >= 4 is 17.7 Å². The zero-order chi connectivity index (χ0) is 14.9. The first kappa shape index (κ1) is 13.1. The molecule has 3 aromatic heterocycles. The molecule has 0 radical (unpaired) electrons. The highest BCUT2D eigenvalue weighted by Crippen LogP contribution is 2.22. The van der Waals surface area contributed by atoms with Crippen LogP contribution in [0.5, 0.6) is 0 Å². The highest BCUT2D eigenvalue weighted by molar-refractivity contribution is 5.53. The van der Waals surface area contributed by atoms with Crippen LogP contribution >= 0.6 is 0 Å². The Morgan fingerprint density at radius 3 is 2.82 bits per heavy atom. The van der Waals surface area contributed by atoms with Crippen LogP contribution in [0, 0.1) is 0 Å². The number of hydrogen-bond donors (Lipinski definition) is 2. The van der Waals surface area contributed by atoms with E-state index in [1.165, 1.54) is 19.3 Å². The largest absolute Gasteiger partial charge is 0.461 e. The fourth-order valence-corrected chi connectivity index (χ4v) is 2.83. The number of anilines is 2. The Hall–Kier alpha value is -2.64. The summed E-state index contributed by atoms with van der Waals surface area (Å²) in [6.07, 6.45) is 7.61. The molecule has 4 rings (SSSR count). The molecule has 0 saturated heterocycles. The summed E-state index contributed by atoms with van der Waals surface area (Å²) < 4.78 is 6.92. The van der Waals surface area contributed by atoms with Gasteiger partial charge in [-0.3, -0.25) is 0 Å². The van der Waals surface area contributed by atoms with Crippen LogP contribution in [0.15, 0.2) is 22.8 Å². The molecule has 0 amide bonds. The zero-order valence-corrected chi connectivity index (χ0v) is 12.1. The summed E-state index contributed by atoms with van der Waals surface area (Å²) in [5, 5.41) is 7.85. The molecule has 1 fully saturated rings. The lowest BCUT2D eigenvalue weighted by Crippen LogP contribution is -2.25. The third-order valence-corrected chi connectivity index (χ3v) is 3.91. The van der Waals surface area contributed by atoms with Gasteiger partial charge < -0.3 is 15.5 Å². The van der Waals surface area contributed by atoms with Crippen molar-refractivity contribution in [2.75, 3.05) is 11.1 Å². The van der Waals surface area contributed by atoms with Crippen molar-refractivity contribution in [3.8, 4) is 11.6 Å². The van der Waals surface area contributed by atoms with Gasteiger partial charge in [-0.15, -0.1) is 5.10 Å². The van der Waals surface area contributed by atoms with E-state index < -0.39 is 0 Å². The van der Waals surface area contributed by atoms with E-state index in [-0.39, 0.29) is 5.95 Å². The van der Waals surface area contributed by atoms with Crippen molar-refractivity contribution in [3.63, 3.8) is 0 Å². The fraction of sp³-hybridized carbons (Fsp3) is 0.429. The van der Waals surface area contributed by atoms with E-state index in [1.54, 1.807) is 22.9 Å². The number of furan rings is 1. The normalized spacial score (nSPS) is 16.2. The van der Waals surface area contributed by atoms with Gasteiger partial charge >= 0.3 is 0 Å². The maximum atomic E-state index is 5.79. The maximum absolute atomic E-state index is 5.79. The average Bonchev–Trinajstić information content (AvgIpc) is 3.16. The number of rotatable bonds is 3. The molecule has 3 N–H and O–H groups in total. The van der Waals surface area contributed by atoms with Crippen LogP contribution in [-0.2, 0) is 0 Å². The molecular formula is C14H17N7O. The molecule has 114 valence electrons. The molecule has 1 aliphatic rings. The summed E-state index contributed by atoms with van der Waals surface area (Å²) in [6, 6.07) is 3.99. The first-order valence-electron chi connectivity index (χ1n) is 7.50. The van der Waals surface area contributed by atoms with Gasteiger partial charge in [-0.25, -0.2) is 0 Å². The summed E-state index contributed by atoms with van der Waals surface area (Å²) in [5.74, 6) is 2.24. The quantitative estimate of drug-likeness (QED) is 0.762. The lowest BCUT2D eigenvalue weighted by molar-refractivity contribution is 0.460. The average molecular weight is 299 g/mol. The number of nitrogens with zero attached hydrogens (tertiary/aromatic N) is 5. The molecule has 3 aromatic rings. The second-order valence-corrected chi connectivity index (χ2v) is 5.51. The van der Waals surface area contributed by atoms with Crippen molar-refractivity contribution in [3.05, 3.63) is 18.4 Å². The molecule has 1 saturated carbocycles. The second kappa shape index (κ2) is 5.28. The molecule has 0 bridgehead atoms. The van der Waals surface area contributed by atoms with Crippen molar-refractivity contribution in [2.24, 2.45) is 0 Å². The molecule has 3 heterocycles. The van der Waals surface area contributed by atoms with Gasteiger partial charge in [0.2, 0.25) is 17.7 Å². The van der Waals surface area contributed by atoms with Crippen LogP contribution in [0.25, 0.3) is 17.4 Å². The molecule has 8 nitrogen and oxygen atoms in total. The minimum absolute atomic E-state index is 0.184. The van der Waals surface area contributed by atoms with E-state index in [0.29, 0.717) is 29.4 Å². The Morgan fingerprint density at radius 2 is 2.05 bits per heavy atom. The third-order valence-electron chi connectivity index (χ3n) is 3.91. The smallest absolute Gasteiger partial charge is 0.259 e. The van der Waals surface area contributed by atoms with Crippen molar-refractivity contribution in [1.82, 2.24) is 24.6 Å². The van der Waals surface area contributed by atoms with Gasteiger partial charge in [0.25, 0.3) is 5.78 Å². The number of nitrogens with two attached hydrogens (primary N) is 1. The minimum Gasteiger partial charge on any atom is -0.461 e. The summed E-state index contributed by atoms with van der Waals surface area (Å²) in [6.45, 7) is 0. The first-order chi connectivity index (χ1) is 10.8. The third kappa shape index (κ3) is 2.36. The van der Waals surface area contributed by atoms with Crippen LogP contribution in [0.3, 0.4) is 0 Å². The Morgan fingerprint density at radius 1 is 1.18 bits per heavy atom. The van der Waals surface area contributed by atoms with Gasteiger partial charge in [0, 0.05) is 6.04 Å². The predicted molar refractivity (Wildman–Crippen MR) is 81.2 cm³/mol. The lowest BCUT2D eigenvalue weighted by Gasteiger charge is -2.23. The van der Waals surface area contributed by atoms with E-state index in [0.717, 1.165) is 12.8 Å².